The van der Waals surface area contributed by atoms with Crippen molar-refractivity contribution < 1.29 is 23.7 Å². The summed E-state index contributed by atoms with van der Waals surface area (Å²) in [5.74, 6) is 0.771. The third kappa shape index (κ3) is 5.75. The van der Waals surface area contributed by atoms with E-state index in [1.54, 1.807) is 7.11 Å². The first-order valence-electron chi connectivity index (χ1n) is 7.45. The Morgan fingerprint density at radius 3 is 2.09 bits per heavy atom. The number of ether oxygens (including phenoxy) is 4. The molecule has 0 saturated heterocycles. The summed E-state index contributed by atoms with van der Waals surface area (Å²) in [6.07, 6.45) is 0.880. The average Bonchev–Trinajstić information content (AvgIpc) is 2.48. The van der Waals surface area contributed by atoms with E-state index in [9.17, 15) is 4.79 Å². The fourth-order valence-electron chi connectivity index (χ4n) is 2.25. The molecule has 0 bridgehead atoms. The van der Waals surface area contributed by atoms with Gasteiger partial charge in [-0.2, -0.15) is 0 Å². The molecule has 0 aliphatic carbocycles. The maximum atomic E-state index is 11.1. The van der Waals surface area contributed by atoms with E-state index in [1.165, 1.54) is 0 Å². The van der Waals surface area contributed by atoms with Crippen LogP contribution in [0.25, 0.3) is 0 Å². The molecular weight excluding hydrogens is 284 g/mol. The largest absolute Gasteiger partial charge is 0.491 e. The van der Waals surface area contributed by atoms with Crippen LogP contribution >= 0.6 is 0 Å². The van der Waals surface area contributed by atoms with E-state index in [2.05, 4.69) is 0 Å². The number of hydrogen-bond acceptors (Lipinski definition) is 5. The van der Waals surface area contributed by atoms with Gasteiger partial charge in [-0.15, -0.1) is 0 Å². The molecule has 0 aliphatic heterocycles. The van der Waals surface area contributed by atoms with Crippen LogP contribution in [-0.2, 0) is 14.2 Å². The van der Waals surface area contributed by atoms with Crippen molar-refractivity contribution >= 4 is 6.29 Å². The van der Waals surface area contributed by atoms with Crippen molar-refractivity contribution in [1.29, 1.82) is 0 Å². The highest BCUT2D eigenvalue weighted by molar-refractivity contribution is 5.81. The van der Waals surface area contributed by atoms with E-state index in [0.717, 1.165) is 28.7 Å². The summed E-state index contributed by atoms with van der Waals surface area (Å²) in [7, 11) is 1.64. The second-order valence-electron chi connectivity index (χ2n) is 5.06. The fraction of sp³-hybridized carbons (Fsp3) is 0.588. The van der Waals surface area contributed by atoms with E-state index in [1.807, 2.05) is 26.8 Å². The lowest BCUT2D eigenvalue weighted by atomic mass is 9.99. The molecule has 0 heterocycles. The molecule has 5 heteroatoms. The number of methoxy groups -OCH3 is 1. The van der Waals surface area contributed by atoms with Crippen LogP contribution in [0.2, 0.25) is 0 Å². The maximum absolute atomic E-state index is 11.1. The van der Waals surface area contributed by atoms with Gasteiger partial charge >= 0.3 is 0 Å². The topological polar surface area (TPSA) is 54.0 Å². The molecule has 0 unspecified atom stereocenters. The van der Waals surface area contributed by atoms with E-state index >= 15 is 0 Å². The highest BCUT2D eigenvalue weighted by atomic mass is 16.6. The summed E-state index contributed by atoms with van der Waals surface area (Å²) in [5, 5.41) is 0. The van der Waals surface area contributed by atoms with Crippen molar-refractivity contribution in [3.05, 3.63) is 28.3 Å². The smallest absolute Gasteiger partial charge is 0.150 e. The molecule has 0 atom stereocenters. The van der Waals surface area contributed by atoms with Gasteiger partial charge in [0, 0.05) is 18.2 Å². The van der Waals surface area contributed by atoms with Crippen LogP contribution in [0, 0.1) is 20.8 Å². The molecule has 0 saturated carbocycles. The van der Waals surface area contributed by atoms with Gasteiger partial charge in [0.05, 0.1) is 33.0 Å². The summed E-state index contributed by atoms with van der Waals surface area (Å²) in [6.45, 7) is 8.98. The van der Waals surface area contributed by atoms with Crippen LogP contribution in [-0.4, -0.2) is 53.0 Å². The zero-order valence-corrected chi connectivity index (χ0v) is 13.9. The Morgan fingerprint density at radius 1 is 0.909 bits per heavy atom. The normalized spacial score (nSPS) is 10.7. The van der Waals surface area contributed by atoms with Gasteiger partial charge in [-0.3, -0.25) is 4.79 Å². The molecule has 5 nitrogen and oxygen atoms in total. The number of carbonyl (C=O) groups is 1. The van der Waals surface area contributed by atoms with E-state index in [4.69, 9.17) is 18.9 Å². The molecule has 0 radical (unpaired) electrons. The Hall–Kier alpha value is -1.43. The highest BCUT2D eigenvalue weighted by Gasteiger charge is 2.11. The van der Waals surface area contributed by atoms with Crippen molar-refractivity contribution in [3.63, 3.8) is 0 Å². The van der Waals surface area contributed by atoms with Gasteiger partial charge < -0.3 is 18.9 Å². The monoisotopic (exact) mass is 310 g/mol. The van der Waals surface area contributed by atoms with Gasteiger partial charge in [0.1, 0.15) is 12.4 Å². The van der Waals surface area contributed by atoms with Crippen LogP contribution in [0.5, 0.6) is 5.75 Å². The second-order valence-corrected chi connectivity index (χ2v) is 5.06. The third-order valence-electron chi connectivity index (χ3n) is 3.36. The molecular formula is C17H26O5. The van der Waals surface area contributed by atoms with Gasteiger partial charge in [0.2, 0.25) is 0 Å². The van der Waals surface area contributed by atoms with E-state index in [-0.39, 0.29) is 0 Å². The van der Waals surface area contributed by atoms with Crippen molar-refractivity contribution in [3.8, 4) is 5.75 Å². The molecule has 1 rings (SSSR count). The van der Waals surface area contributed by atoms with Crippen molar-refractivity contribution in [2.24, 2.45) is 0 Å². The SMILES string of the molecule is COCCOCCOCCOc1c(C)cc(C)c(C=O)c1C. The molecule has 0 fully saturated rings. The minimum atomic E-state index is 0.446. The lowest BCUT2D eigenvalue weighted by molar-refractivity contribution is 0.0179. The Balaban J connectivity index is 2.32. The van der Waals surface area contributed by atoms with Crippen LogP contribution in [0.4, 0.5) is 0 Å². The van der Waals surface area contributed by atoms with Crippen LogP contribution < -0.4 is 4.74 Å². The number of rotatable bonds is 11. The summed E-state index contributed by atoms with van der Waals surface area (Å²) >= 11 is 0. The van der Waals surface area contributed by atoms with E-state index < -0.39 is 0 Å². The molecule has 22 heavy (non-hydrogen) atoms. The van der Waals surface area contributed by atoms with Crippen LogP contribution in [0.3, 0.4) is 0 Å². The molecule has 0 amide bonds. The predicted molar refractivity (Wildman–Crippen MR) is 85.0 cm³/mol. The lowest BCUT2D eigenvalue weighted by Crippen LogP contribution is -2.13. The molecule has 1 aromatic rings. The van der Waals surface area contributed by atoms with Gasteiger partial charge in [-0.1, -0.05) is 6.07 Å². The standard InChI is InChI=1S/C17H26O5/c1-13-11-14(2)17(15(3)16(13)12-18)22-10-9-21-8-7-20-6-5-19-4/h11-12H,5-10H2,1-4H3. The number of aryl methyl sites for hydroxylation is 2. The first kappa shape index (κ1) is 18.6. The zero-order valence-electron chi connectivity index (χ0n) is 13.9. The molecule has 0 aliphatic rings. The Morgan fingerprint density at radius 2 is 1.50 bits per heavy atom. The van der Waals surface area contributed by atoms with Gasteiger partial charge in [0.15, 0.2) is 6.29 Å². The first-order valence-corrected chi connectivity index (χ1v) is 7.45. The molecule has 124 valence electrons. The van der Waals surface area contributed by atoms with Crippen molar-refractivity contribution in [1.82, 2.24) is 0 Å². The van der Waals surface area contributed by atoms with Crippen molar-refractivity contribution in [2.45, 2.75) is 20.8 Å². The molecule has 0 aromatic heterocycles. The van der Waals surface area contributed by atoms with Gasteiger partial charge in [-0.05, 0) is 31.9 Å². The average molecular weight is 310 g/mol. The summed E-state index contributed by atoms with van der Waals surface area (Å²) < 4.78 is 21.4. The fourth-order valence-corrected chi connectivity index (χ4v) is 2.25. The zero-order chi connectivity index (χ0) is 16.4. The van der Waals surface area contributed by atoms with Gasteiger partial charge in [-0.25, -0.2) is 0 Å². The number of benzene rings is 1. The Bertz CT molecular complexity index is 471. The van der Waals surface area contributed by atoms with Gasteiger partial charge in [0.25, 0.3) is 0 Å². The minimum absolute atomic E-state index is 0.446. The maximum Gasteiger partial charge on any atom is 0.150 e. The predicted octanol–water partition coefficient (Wildman–Crippen LogP) is 2.48. The Kier molecular flexibility index (Phi) is 8.74. The number of aldehydes is 1. The highest BCUT2D eigenvalue weighted by Crippen LogP contribution is 2.28. The van der Waals surface area contributed by atoms with Crippen molar-refractivity contribution in [2.75, 3.05) is 46.8 Å². The molecule has 0 N–H and O–H groups in total. The van der Waals surface area contributed by atoms with Crippen LogP contribution in [0.1, 0.15) is 27.0 Å². The minimum Gasteiger partial charge on any atom is -0.491 e. The van der Waals surface area contributed by atoms with E-state index in [0.29, 0.717) is 45.2 Å². The first-order chi connectivity index (χ1) is 10.6. The quantitative estimate of drug-likeness (QED) is 0.464. The molecule has 1 aromatic carbocycles. The lowest BCUT2D eigenvalue weighted by Gasteiger charge is -2.15. The number of hydrogen-bond donors (Lipinski definition) is 0. The summed E-state index contributed by atoms with van der Waals surface area (Å²) in [5.41, 5.74) is 3.59. The Labute approximate surface area is 132 Å². The molecule has 0 spiro atoms. The third-order valence-corrected chi connectivity index (χ3v) is 3.36. The second kappa shape index (κ2) is 10.3. The summed E-state index contributed by atoms with van der Waals surface area (Å²) in [6, 6.07) is 1.97. The summed E-state index contributed by atoms with van der Waals surface area (Å²) in [4.78, 5) is 11.1. The van der Waals surface area contributed by atoms with Crippen LogP contribution in [0.15, 0.2) is 6.07 Å². The number of carbonyl (C=O) groups excluding carboxylic acids is 1.